The molecule has 6 heteroatoms. The van der Waals surface area contributed by atoms with Crippen LogP contribution < -0.4 is 10.1 Å². The van der Waals surface area contributed by atoms with Crippen LogP contribution in [0.2, 0.25) is 0 Å². The molecule has 22 heavy (non-hydrogen) atoms. The third-order valence-electron chi connectivity index (χ3n) is 3.38. The maximum atomic E-state index is 11.4. The molecule has 0 aliphatic rings. The first-order valence-electron chi connectivity index (χ1n) is 6.76. The Kier molecular flexibility index (Phi) is 3.77. The number of carbonyl (C=O) groups is 1. The Labute approximate surface area is 132 Å². The second kappa shape index (κ2) is 5.73. The van der Waals surface area contributed by atoms with Crippen LogP contribution in [0.25, 0.3) is 22.2 Å². The van der Waals surface area contributed by atoms with E-state index in [1.165, 1.54) is 18.5 Å². The fourth-order valence-electron chi connectivity index (χ4n) is 2.45. The van der Waals surface area contributed by atoms with E-state index in [2.05, 4.69) is 9.69 Å². The van der Waals surface area contributed by atoms with E-state index in [1.807, 2.05) is 30.5 Å². The monoisotopic (exact) mass is 313 g/mol. The number of methoxy groups -OCH3 is 1. The highest BCUT2D eigenvalue weighted by Crippen LogP contribution is 2.35. The van der Waals surface area contributed by atoms with Crippen LogP contribution in [0.4, 0.5) is 5.69 Å². The minimum Gasteiger partial charge on any atom is -0.494 e. The summed E-state index contributed by atoms with van der Waals surface area (Å²) in [5, 5.41) is 5.70. The minimum atomic E-state index is -0.114. The van der Waals surface area contributed by atoms with Crippen molar-refractivity contribution in [2.45, 2.75) is 13.8 Å². The largest absolute Gasteiger partial charge is 0.494 e. The topological polar surface area (TPSA) is 64.1 Å². The zero-order chi connectivity index (χ0) is 15.7. The fourth-order valence-corrected chi connectivity index (χ4v) is 2.98. The van der Waals surface area contributed by atoms with Gasteiger partial charge in [-0.2, -0.15) is 0 Å². The van der Waals surface area contributed by atoms with Crippen LogP contribution in [0.1, 0.15) is 12.5 Å². The van der Waals surface area contributed by atoms with Crippen molar-refractivity contribution in [3.63, 3.8) is 0 Å². The lowest BCUT2D eigenvalue weighted by Gasteiger charge is -2.13. The summed E-state index contributed by atoms with van der Waals surface area (Å²) < 4.78 is 9.55. The van der Waals surface area contributed by atoms with Crippen molar-refractivity contribution in [1.29, 1.82) is 0 Å². The van der Waals surface area contributed by atoms with E-state index in [4.69, 9.17) is 9.72 Å². The number of nitrogens with zero attached hydrogens (tertiary/aromatic N) is 2. The van der Waals surface area contributed by atoms with E-state index < -0.39 is 0 Å². The summed E-state index contributed by atoms with van der Waals surface area (Å²) in [5.41, 5.74) is 4.31. The van der Waals surface area contributed by atoms with Crippen molar-refractivity contribution < 1.29 is 9.53 Å². The van der Waals surface area contributed by atoms with Crippen LogP contribution in [0.15, 0.2) is 29.8 Å². The standard InChI is InChI=1S/C16H15N3O2S/c1-9-6-13(11-7-17-22-8-11)19-16-14(21-3)5-4-12(15(9)16)18-10(2)20/h4-8H,1-3H3,(H,18,20). The molecule has 0 aliphatic carbocycles. The zero-order valence-electron chi connectivity index (χ0n) is 12.5. The summed E-state index contributed by atoms with van der Waals surface area (Å²) in [4.78, 5) is 16.1. The highest BCUT2D eigenvalue weighted by atomic mass is 32.1. The molecule has 3 rings (SSSR count). The Balaban J connectivity index is 2.29. The number of amides is 1. The molecule has 0 bridgehead atoms. The minimum absolute atomic E-state index is 0.114. The molecule has 2 heterocycles. The first-order chi connectivity index (χ1) is 10.6. The molecule has 112 valence electrons. The number of nitrogens with one attached hydrogen (secondary N) is 1. The third-order valence-corrected chi connectivity index (χ3v) is 3.97. The lowest BCUT2D eigenvalue weighted by atomic mass is 10.0. The molecule has 1 N–H and O–H groups in total. The van der Waals surface area contributed by atoms with E-state index in [0.29, 0.717) is 5.75 Å². The molecular formula is C16H15N3O2S. The summed E-state index contributed by atoms with van der Waals surface area (Å²) in [7, 11) is 1.61. The van der Waals surface area contributed by atoms with E-state index in [-0.39, 0.29) is 5.91 Å². The Morgan fingerprint density at radius 1 is 1.36 bits per heavy atom. The number of pyridine rings is 1. The SMILES string of the molecule is COc1ccc(NC(C)=O)c2c(C)cc(-c3cnsc3)nc12. The number of aryl methyl sites for hydroxylation is 1. The van der Waals surface area contributed by atoms with Gasteiger partial charge in [-0.1, -0.05) is 0 Å². The molecule has 0 saturated heterocycles. The van der Waals surface area contributed by atoms with Gasteiger partial charge < -0.3 is 10.1 Å². The normalized spacial score (nSPS) is 10.7. The van der Waals surface area contributed by atoms with E-state index in [9.17, 15) is 4.79 Å². The summed E-state index contributed by atoms with van der Waals surface area (Å²) in [6, 6.07) is 5.65. The van der Waals surface area contributed by atoms with E-state index >= 15 is 0 Å². The Morgan fingerprint density at radius 2 is 2.18 bits per heavy atom. The number of anilines is 1. The Bertz CT molecular complexity index is 844. The van der Waals surface area contributed by atoms with Crippen LogP contribution in [-0.2, 0) is 4.79 Å². The van der Waals surface area contributed by atoms with Crippen molar-refractivity contribution in [2.75, 3.05) is 12.4 Å². The summed E-state index contributed by atoms with van der Waals surface area (Å²) in [5.74, 6) is 0.564. The van der Waals surface area contributed by atoms with Crippen LogP contribution in [0.5, 0.6) is 5.75 Å². The van der Waals surface area contributed by atoms with Gasteiger partial charge in [0.2, 0.25) is 5.91 Å². The first-order valence-corrected chi connectivity index (χ1v) is 7.59. The van der Waals surface area contributed by atoms with E-state index in [1.54, 1.807) is 13.3 Å². The molecule has 2 aromatic heterocycles. The highest BCUT2D eigenvalue weighted by molar-refractivity contribution is 7.03. The van der Waals surface area contributed by atoms with Crippen molar-refractivity contribution in [1.82, 2.24) is 9.36 Å². The van der Waals surface area contributed by atoms with Gasteiger partial charge in [0.25, 0.3) is 0 Å². The molecular weight excluding hydrogens is 298 g/mol. The van der Waals surface area contributed by atoms with Gasteiger partial charge in [0.1, 0.15) is 11.3 Å². The van der Waals surface area contributed by atoms with Crippen molar-refractivity contribution in [2.24, 2.45) is 0 Å². The first kappa shape index (κ1) is 14.5. The van der Waals surface area contributed by atoms with Crippen LogP contribution >= 0.6 is 11.5 Å². The average molecular weight is 313 g/mol. The lowest BCUT2D eigenvalue weighted by molar-refractivity contribution is -0.114. The molecule has 5 nitrogen and oxygen atoms in total. The maximum Gasteiger partial charge on any atom is 0.221 e. The quantitative estimate of drug-likeness (QED) is 0.802. The third kappa shape index (κ3) is 2.53. The number of hydrogen-bond acceptors (Lipinski definition) is 5. The summed E-state index contributed by atoms with van der Waals surface area (Å²) in [6.07, 6.45) is 1.79. The predicted octanol–water partition coefficient (Wildman–Crippen LogP) is 3.63. The average Bonchev–Trinajstić information content (AvgIpc) is 3.00. The second-order valence-electron chi connectivity index (χ2n) is 4.96. The number of carbonyl (C=O) groups excluding carboxylic acids is 1. The van der Waals surface area contributed by atoms with Gasteiger partial charge in [0.05, 0.1) is 24.7 Å². The van der Waals surface area contributed by atoms with Crippen LogP contribution in [0, 0.1) is 6.92 Å². The zero-order valence-corrected chi connectivity index (χ0v) is 13.3. The van der Waals surface area contributed by atoms with Gasteiger partial charge in [-0.25, -0.2) is 9.36 Å². The van der Waals surface area contributed by atoms with Gasteiger partial charge >= 0.3 is 0 Å². The number of hydrogen-bond donors (Lipinski definition) is 1. The van der Waals surface area contributed by atoms with Crippen LogP contribution in [0.3, 0.4) is 0 Å². The van der Waals surface area contributed by atoms with Gasteiger partial charge in [-0.05, 0) is 42.2 Å². The number of rotatable bonds is 3. The van der Waals surface area contributed by atoms with Gasteiger partial charge in [0.15, 0.2) is 0 Å². The number of aromatic nitrogens is 2. The summed E-state index contributed by atoms with van der Waals surface area (Å²) >= 11 is 1.39. The summed E-state index contributed by atoms with van der Waals surface area (Å²) in [6.45, 7) is 3.49. The van der Waals surface area contributed by atoms with E-state index in [0.717, 1.165) is 33.4 Å². The lowest BCUT2D eigenvalue weighted by Crippen LogP contribution is -2.07. The Morgan fingerprint density at radius 3 is 2.82 bits per heavy atom. The van der Waals surface area contributed by atoms with Crippen LogP contribution in [-0.4, -0.2) is 22.4 Å². The fraction of sp³-hybridized carbons (Fsp3) is 0.188. The number of benzene rings is 1. The Hall–Kier alpha value is -2.47. The molecule has 3 aromatic rings. The molecule has 0 radical (unpaired) electrons. The molecule has 0 spiro atoms. The predicted molar refractivity (Wildman–Crippen MR) is 88.4 cm³/mol. The number of fused-ring (bicyclic) bond motifs is 1. The smallest absolute Gasteiger partial charge is 0.221 e. The maximum absolute atomic E-state index is 11.4. The molecule has 0 unspecified atom stereocenters. The van der Waals surface area contributed by atoms with Gasteiger partial charge in [-0.3, -0.25) is 4.79 Å². The number of ether oxygens (including phenoxy) is 1. The van der Waals surface area contributed by atoms with Crippen molar-refractivity contribution in [3.8, 4) is 17.0 Å². The van der Waals surface area contributed by atoms with Crippen molar-refractivity contribution in [3.05, 3.63) is 35.3 Å². The molecule has 0 atom stereocenters. The highest BCUT2D eigenvalue weighted by Gasteiger charge is 2.14. The second-order valence-corrected chi connectivity index (χ2v) is 5.62. The molecule has 1 aromatic carbocycles. The molecule has 0 saturated carbocycles. The molecule has 0 fully saturated rings. The molecule has 1 amide bonds. The van der Waals surface area contributed by atoms with Gasteiger partial charge in [0, 0.05) is 23.3 Å². The van der Waals surface area contributed by atoms with Crippen molar-refractivity contribution >= 4 is 34.0 Å². The van der Waals surface area contributed by atoms with Gasteiger partial charge in [-0.15, -0.1) is 0 Å². The molecule has 0 aliphatic heterocycles.